The van der Waals surface area contributed by atoms with E-state index < -0.39 is 0 Å². The molecule has 3 N–H and O–H groups in total. The van der Waals surface area contributed by atoms with E-state index in [1.54, 1.807) is 11.8 Å². The fourth-order valence-electron chi connectivity index (χ4n) is 1.82. The van der Waals surface area contributed by atoms with E-state index in [9.17, 15) is 0 Å². The first-order chi connectivity index (χ1) is 8.60. The normalized spacial score (nSPS) is 16.3. The predicted molar refractivity (Wildman–Crippen MR) is 81.2 cm³/mol. The number of hydrogen-bond donors (Lipinski definition) is 2. The Kier molecular flexibility index (Phi) is 7.08. The Morgan fingerprint density at radius 1 is 1.39 bits per heavy atom. The van der Waals surface area contributed by atoms with E-state index >= 15 is 0 Å². The van der Waals surface area contributed by atoms with Crippen LogP contribution >= 0.6 is 23.4 Å². The van der Waals surface area contributed by atoms with E-state index in [0.717, 1.165) is 23.4 Å². The number of halogens is 1. The van der Waals surface area contributed by atoms with E-state index in [1.807, 2.05) is 24.3 Å². The average Bonchev–Trinajstić information content (AvgIpc) is 2.36. The molecule has 0 aromatic heterocycles. The average molecular weight is 288 g/mol. The van der Waals surface area contributed by atoms with Gasteiger partial charge in [-0.25, -0.2) is 0 Å². The van der Waals surface area contributed by atoms with Gasteiger partial charge in [0.1, 0.15) is 0 Å². The van der Waals surface area contributed by atoms with Crippen molar-refractivity contribution in [2.24, 2.45) is 5.73 Å². The van der Waals surface area contributed by atoms with Crippen molar-refractivity contribution in [3.8, 4) is 0 Å². The van der Waals surface area contributed by atoms with Crippen molar-refractivity contribution in [3.05, 3.63) is 34.9 Å². The topological polar surface area (TPSA) is 46.2 Å². The molecule has 102 valence electrons. The summed E-state index contributed by atoms with van der Waals surface area (Å²) < 4.78 is 0. The quantitative estimate of drug-likeness (QED) is 0.805. The van der Waals surface area contributed by atoms with Gasteiger partial charge < -0.3 is 10.8 Å². The molecule has 0 saturated heterocycles. The van der Waals surface area contributed by atoms with Gasteiger partial charge in [0.05, 0.1) is 0 Å². The van der Waals surface area contributed by atoms with Gasteiger partial charge in [0.2, 0.25) is 0 Å². The second-order valence-electron chi connectivity index (χ2n) is 4.47. The molecule has 1 aromatic rings. The van der Waals surface area contributed by atoms with E-state index in [4.69, 9.17) is 22.4 Å². The standard InChI is InChI=1S/C14H22ClNOS/c1-3-13(16)14(18-10(2)8-9-17)11-6-4-5-7-12(11)15/h4-7,10,13-14,17H,3,8-9,16H2,1-2H3. The van der Waals surface area contributed by atoms with Gasteiger partial charge in [0.25, 0.3) is 0 Å². The molecule has 1 rings (SSSR count). The Bertz CT molecular complexity index is 361. The summed E-state index contributed by atoms with van der Waals surface area (Å²) in [4.78, 5) is 0. The van der Waals surface area contributed by atoms with Crippen molar-refractivity contribution >= 4 is 23.4 Å². The van der Waals surface area contributed by atoms with Crippen molar-refractivity contribution in [1.29, 1.82) is 0 Å². The number of nitrogens with two attached hydrogens (primary N) is 1. The molecular formula is C14H22ClNOS. The Morgan fingerprint density at radius 2 is 2.06 bits per heavy atom. The molecule has 3 atom stereocenters. The Morgan fingerprint density at radius 3 is 2.61 bits per heavy atom. The molecular weight excluding hydrogens is 266 g/mol. The molecule has 0 saturated carbocycles. The summed E-state index contributed by atoms with van der Waals surface area (Å²) in [5.41, 5.74) is 7.32. The van der Waals surface area contributed by atoms with Crippen molar-refractivity contribution < 1.29 is 5.11 Å². The highest BCUT2D eigenvalue weighted by molar-refractivity contribution is 8.00. The van der Waals surface area contributed by atoms with E-state index in [-0.39, 0.29) is 17.9 Å². The van der Waals surface area contributed by atoms with Crippen LogP contribution < -0.4 is 5.73 Å². The summed E-state index contributed by atoms with van der Waals surface area (Å²) in [5, 5.41) is 10.3. The first kappa shape index (κ1) is 15.8. The molecule has 3 unspecified atom stereocenters. The van der Waals surface area contributed by atoms with Gasteiger partial charge in [0.15, 0.2) is 0 Å². The van der Waals surface area contributed by atoms with Gasteiger partial charge in [-0.1, -0.05) is 43.6 Å². The van der Waals surface area contributed by atoms with Gasteiger partial charge in [0, 0.05) is 28.2 Å². The van der Waals surface area contributed by atoms with Crippen molar-refractivity contribution in [2.75, 3.05) is 6.61 Å². The molecule has 0 bridgehead atoms. The largest absolute Gasteiger partial charge is 0.396 e. The third kappa shape index (κ3) is 4.47. The minimum atomic E-state index is 0.0797. The molecule has 0 radical (unpaired) electrons. The molecule has 4 heteroatoms. The van der Waals surface area contributed by atoms with E-state index in [0.29, 0.717) is 5.25 Å². The molecule has 18 heavy (non-hydrogen) atoms. The smallest absolute Gasteiger partial charge is 0.0465 e. The summed E-state index contributed by atoms with van der Waals surface area (Å²) in [6.45, 7) is 4.42. The number of hydrogen-bond acceptors (Lipinski definition) is 3. The number of aliphatic hydroxyl groups excluding tert-OH is 1. The number of thioether (sulfide) groups is 1. The van der Waals surface area contributed by atoms with Gasteiger partial charge in [-0.3, -0.25) is 0 Å². The lowest BCUT2D eigenvalue weighted by Crippen LogP contribution is -2.27. The SMILES string of the molecule is CCC(N)C(SC(C)CCO)c1ccccc1Cl. The lowest BCUT2D eigenvalue weighted by Gasteiger charge is -2.26. The fraction of sp³-hybridized carbons (Fsp3) is 0.571. The van der Waals surface area contributed by atoms with Crippen LogP contribution in [0.25, 0.3) is 0 Å². The zero-order valence-electron chi connectivity index (χ0n) is 11.0. The van der Waals surface area contributed by atoms with Gasteiger partial charge in [-0.05, 0) is 24.5 Å². The molecule has 0 fully saturated rings. The summed E-state index contributed by atoms with van der Waals surface area (Å²) in [6, 6.07) is 7.96. The molecule has 0 spiro atoms. The summed E-state index contributed by atoms with van der Waals surface area (Å²) in [5.74, 6) is 0. The van der Waals surface area contributed by atoms with Crippen LogP contribution in [-0.2, 0) is 0 Å². The summed E-state index contributed by atoms with van der Waals surface area (Å²) in [7, 11) is 0. The monoisotopic (exact) mass is 287 g/mol. The maximum absolute atomic E-state index is 9.00. The van der Waals surface area contributed by atoms with E-state index in [2.05, 4.69) is 13.8 Å². The molecule has 0 aliphatic heterocycles. The number of aliphatic hydroxyl groups is 1. The maximum Gasteiger partial charge on any atom is 0.0465 e. The summed E-state index contributed by atoms with van der Waals surface area (Å²) >= 11 is 8.06. The Labute approximate surface area is 119 Å². The Balaban J connectivity index is 2.88. The molecule has 0 amide bonds. The molecule has 0 aliphatic rings. The van der Waals surface area contributed by atoms with E-state index in [1.165, 1.54) is 0 Å². The molecule has 1 aromatic carbocycles. The zero-order chi connectivity index (χ0) is 13.5. The molecule has 0 aliphatic carbocycles. The van der Waals surface area contributed by atoms with Gasteiger partial charge >= 0.3 is 0 Å². The minimum Gasteiger partial charge on any atom is -0.396 e. The highest BCUT2D eigenvalue weighted by atomic mass is 35.5. The van der Waals surface area contributed by atoms with Crippen LogP contribution in [-0.4, -0.2) is 23.0 Å². The lowest BCUT2D eigenvalue weighted by atomic mass is 10.0. The zero-order valence-corrected chi connectivity index (χ0v) is 12.5. The van der Waals surface area contributed by atoms with Crippen LogP contribution in [0.3, 0.4) is 0 Å². The van der Waals surface area contributed by atoms with Crippen LogP contribution in [0.15, 0.2) is 24.3 Å². The number of benzene rings is 1. The molecule has 0 heterocycles. The van der Waals surface area contributed by atoms with Crippen LogP contribution in [0.2, 0.25) is 5.02 Å². The van der Waals surface area contributed by atoms with Crippen LogP contribution in [0.5, 0.6) is 0 Å². The first-order valence-electron chi connectivity index (χ1n) is 6.36. The van der Waals surface area contributed by atoms with Crippen LogP contribution in [0.1, 0.15) is 37.5 Å². The maximum atomic E-state index is 9.00. The van der Waals surface area contributed by atoms with Crippen molar-refractivity contribution in [1.82, 2.24) is 0 Å². The second kappa shape index (κ2) is 8.05. The third-order valence-electron chi connectivity index (χ3n) is 2.99. The lowest BCUT2D eigenvalue weighted by molar-refractivity contribution is 0.288. The number of rotatable bonds is 7. The minimum absolute atomic E-state index is 0.0797. The Hall–Kier alpha value is -0.220. The first-order valence-corrected chi connectivity index (χ1v) is 7.68. The highest BCUT2D eigenvalue weighted by Crippen LogP contribution is 2.39. The predicted octanol–water partition coefficient (Wildman–Crippen LogP) is 3.62. The fourth-order valence-corrected chi connectivity index (χ4v) is 3.63. The van der Waals surface area contributed by atoms with Crippen LogP contribution in [0, 0.1) is 0 Å². The van der Waals surface area contributed by atoms with Gasteiger partial charge in [-0.15, -0.1) is 11.8 Å². The van der Waals surface area contributed by atoms with Crippen LogP contribution in [0.4, 0.5) is 0 Å². The molecule has 2 nitrogen and oxygen atoms in total. The highest BCUT2D eigenvalue weighted by Gasteiger charge is 2.23. The van der Waals surface area contributed by atoms with Gasteiger partial charge in [-0.2, -0.15) is 0 Å². The van der Waals surface area contributed by atoms with Crippen molar-refractivity contribution in [3.63, 3.8) is 0 Å². The third-order valence-corrected chi connectivity index (χ3v) is 4.93. The van der Waals surface area contributed by atoms with Crippen molar-refractivity contribution in [2.45, 2.75) is 43.2 Å². The second-order valence-corrected chi connectivity index (χ2v) is 6.47. The summed E-state index contributed by atoms with van der Waals surface area (Å²) in [6.07, 6.45) is 1.69.